The van der Waals surface area contributed by atoms with Gasteiger partial charge in [-0.3, -0.25) is 9.48 Å². The van der Waals surface area contributed by atoms with Crippen LogP contribution in [0.15, 0.2) is 17.5 Å². The molecule has 0 unspecified atom stereocenters. The Morgan fingerprint density at radius 3 is 3.11 bits per heavy atom. The molecule has 0 aliphatic carbocycles. The van der Waals surface area contributed by atoms with Gasteiger partial charge in [-0.05, 0) is 18.4 Å². The molecule has 1 aliphatic heterocycles. The van der Waals surface area contributed by atoms with Gasteiger partial charge in [-0.25, -0.2) is 0 Å². The number of aromatic nitrogens is 2. The quantitative estimate of drug-likeness (QED) is 0.872. The van der Waals surface area contributed by atoms with Crippen LogP contribution in [0.5, 0.6) is 0 Å². The molecule has 0 saturated carbocycles. The molecule has 1 aliphatic rings. The van der Waals surface area contributed by atoms with E-state index in [4.69, 9.17) is 0 Å². The van der Waals surface area contributed by atoms with Crippen molar-refractivity contribution in [2.75, 3.05) is 11.1 Å². The molecule has 2 aromatic rings. The van der Waals surface area contributed by atoms with Gasteiger partial charge < -0.3 is 5.32 Å². The van der Waals surface area contributed by atoms with Crippen LogP contribution in [0.4, 0.5) is 5.82 Å². The Bertz CT molecular complexity index is 589. The second kappa shape index (κ2) is 4.44. The molecule has 3 rings (SSSR count). The molecule has 6 heteroatoms. The molecule has 0 fully saturated rings. The lowest BCUT2D eigenvalue weighted by atomic mass is 10.1. The lowest BCUT2D eigenvalue weighted by Gasteiger charge is -2.12. The third-order valence-corrected chi connectivity index (χ3v) is 5.31. The Morgan fingerprint density at radius 2 is 2.39 bits per heavy atom. The van der Waals surface area contributed by atoms with Gasteiger partial charge in [-0.1, -0.05) is 6.07 Å². The molecule has 94 valence electrons. The van der Waals surface area contributed by atoms with Crippen LogP contribution in [0.25, 0.3) is 0 Å². The molecule has 18 heavy (non-hydrogen) atoms. The van der Waals surface area contributed by atoms with E-state index in [9.17, 15) is 4.79 Å². The third-order valence-electron chi connectivity index (χ3n) is 2.97. The number of anilines is 1. The monoisotopic (exact) mass is 279 g/mol. The number of carbonyl (C=O) groups is 1. The fraction of sp³-hybridized carbons (Fsp3) is 0.333. The minimum absolute atomic E-state index is 0.0447. The fourth-order valence-electron chi connectivity index (χ4n) is 2.21. The number of rotatable bonds is 1. The van der Waals surface area contributed by atoms with E-state index in [1.54, 1.807) is 27.8 Å². The number of thiophene rings is 1. The van der Waals surface area contributed by atoms with Crippen molar-refractivity contribution in [2.24, 2.45) is 7.05 Å². The molecular weight excluding hydrogens is 266 g/mol. The zero-order valence-corrected chi connectivity index (χ0v) is 11.8. The number of nitrogens with zero attached hydrogens (tertiary/aromatic N) is 2. The number of aryl methyl sites for hydroxylation is 2. The molecule has 0 bridgehead atoms. The number of hydrogen-bond acceptors (Lipinski definition) is 4. The maximum absolute atomic E-state index is 11.8. The van der Waals surface area contributed by atoms with Crippen LogP contribution in [0, 0.1) is 6.92 Å². The molecule has 1 atom stereocenters. The Labute approximate surface area is 113 Å². The molecule has 2 aromatic heterocycles. The van der Waals surface area contributed by atoms with Gasteiger partial charge in [0.1, 0.15) is 5.82 Å². The maximum Gasteiger partial charge on any atom is 0.235 e. The van der Waals surface area contributed by atoms with Crippen molar-refractivity contribution >= 4 is 34.8 Å². The summed E-state index contributed by atoms with van der Waals surface area (Å²) in [6.07, 6.45) is 0. The molecule has 0 radical (unpaired) electrons. The van der Waals surface area contributed by atoms with Gasteiger partial charge >= 0.3 is 0 Å². The van der Waals surface area contributed by atoms with Gasteiger partial charge in [0.05, 0.1) is 16.7 Å². The van der Waals surface area contributed by atoms with Crippen molar-refractivity contribution in [1.29, 1.82) is 0 Å². The Balaban J connectivity index is 2.15. The maximum atomic E-state index is 11.8. The van der Waals surface area contributed by atoms with E-state index >= 15 is 0 Å². The molecule has 1 N–H and O–H groups in total. The van der Waals surface area contributed by atoms with Crippen LogP contribution in [0.3, 0.4) is 0 Å². The summed E-state index contributed by atoms with van der Waals surface area (Å²) < 4.78 is 1.76. The molecule has 3 heterocycles. The van der Waals surface area contributed by atoms with Crippen molar-refractivity contribution in [3.8, 4) is 0 Å². The lowest BCUT2D eigenvalue weighted by molar-refractivity contribution is -0.113. The highest BCUT2D eigenvalue weighted by atomic mass is 32.2. The number of nitrogens with one attached hydrogen (secondary N) is 1. The Kier molecular flexibility index (Phi) is 2.91. The van der Waals surface area contributed by atoms with Crippen LogP contribution in [-0.4, -0.2) is 21.4 Å². The van der Waals surface area contributed by atoms with Crippen LogP contribution in [0.1, 0.15) is 21.4 Å². The molecular formula is C12H13N3OS2. The van der Waals surface area contributed by atoms with Gasteiger partial charge in [0.2, 0.25) is 5.91 Å². The van der Waals surface area contributed by atoms with E-state index in [0.717, 1.165) is 17.1 Å². The number of thioether (sulfide) groups is 1. The van der Waals surface area contributed by atoms with E-state index < -0.39 is 0 Å². The predicted molar refractivity (Wildman–Crippen MR) is 75.2 cm³/mol. The van der Waals surface area contributed by atoms with E-state index in [2.05, 4.69) is 21.9 Å². The third kappa shape index (κ3) is 1.85. The van der Waals surface area contributed by atoms with Gasteiger partial charge in [-0.15, -0.1) is 23.1 Å². The van der Waals surface area contributed by atoms with Gasteiger partial charge in [-0.2, -0.15) is 5.10 Å². The number of amides is 1. The minimum atomic E-state index is 0.0447. The van der Waals surface area contributed by atoms with E-state index in [1.807, 2.05) is 20.0 Å². The van der Waals surface area contributed by atoms with Crippen molar-refractivity contribution in [3.63, 3.8) is 0 Å². The van der Waals surface area contributed by atoms with Crippen molar-refractivity contribution in [2.45, 2.75) is 12.2 Å². The summed E-state index contributed by atoms with van der Waals surface area (Å²) in [6.45, 7) is 2.00. The number of fused-ring (bicyclic) bond motifs is 1. The first kappa shape index (κ1) is 11.8. The van der Waals surface area contributed by atoms with Crippen LogP contribution in [-0.2, 0) is 11.8 Å². The van der Waals surface area contributed by atoms with Crippen LogP contribution < -0.4 is 5.32 Å². The van der Waals surface area contributed by atoms with E-state index in [0.29, 0.717) is 5.75 Å². The van der Waals surface area contributed by atoms with Crippen LogP contribution >= 0.6 is 23.1 Å². The summed E-state index contributed by atoms with van der Waals surface area (Å²) in [6, 6.07) is 4.17. The Morgan fingerprint density at radius 1 is 1.56 bits per heavy atom. The Hall–Kier alpha value is -1.27. The topological polar surface area (TPSA) is 46.9 Å². The number of carbonyl (C=O) groups excluding carboxylic acids is 1. The zero-order chi connectivity index (χ0) is 12.7. The van der Waals surface area contributed by atoms with Crippen molar-refractivity contribution < 1.29 is 4.79 Å². The summed E-state index contributed by atoms with van der Waals surface area (Å²) >= 11 is 3.39. The lowest BCUT2D eigenvalue weighted by Crippen LogP contribution is -2.15. The average Bonchev–Trinajstić information content (AvgIpc) is 2.88. The predicted octanol–water partition coefficient (Wildman–Crippen LogP) is 2.56. The first-order valence-corrected chi connectivity index (χ1v) is 7.58. The molecule has 0 saturated heterocycles. The fourth-order valence-corrected chi connectivity index (χ4v) is 4.38. The second-order valence-corrected chi connectivity index (χ2v) is 6.30. The van der Waals surface area contributed by atoms with E-state index in [1.165, 1.54) is 4.88 Å². The number of hydrogen-bond donors (Lipinski definition) is 1. The standard InChI is InChI=1S/C12H13N3OS2/c1-7-10-11(8-4-3-5-17-8)18-6-9(16)13-12(10)15(2)14-7/h3-5,11H,6H2,1-2H3,(H,13,16)/t11-/m0/s1. The smallest absolute Gasteiger partial charge is 0.235 e. The highest BCUT2D eigenvalue weighted by Gasteiger charge is 2.29. The minimum Gasteiger partial charge on any atom is -0.310 e. The van der Waals surface area contributed by atoms with Crippen molar-refractivity contribution in [3.05, 3.63) is 33.6 Å². The highest BCUT2D eigenvalue weighted by molar-refractivity contribution is 8.00. The SMILES string of the molecule is Cc1nn(C)c2c1[C@H](c1cccs1)SCC(=O)N2. The summed E-state index contributed by atoms with van der Waals surface area (Å²) in [5, 5.41) is 9.64. The van der Waals surface area contributed by atoms with Gasteiger partial charge in [0.15, 0.2) is 0 Å². The highest BCUT2D eigenvalue weighted by Crippen LogP contribution is 2.44. The van der Waals surface area contributed by atoms with E-state index in [-0.39, 0.29) is 11.2 Å². The summed E-state index contributed by atoms with van der Waals surface area (Å²) in [5.74, 6) is 1.36. The van der Waals surface area contributed by atoms with Gasteiger partial charge in [0, 0.05) is 17.5 Å². The molecule has 0 aromatic carbocycles. The van der Waals surface area contributed by atoms with Crippen molar-refractivity contribution in [1.82, 2.24) is 9.78 Å². The van der Waals surface area contributed by atoms with Gasteiger partial charge in [0.25, 0.3) is 0 Å². The largest absolute Gasteiger partial charge is 0.310 e. The van der Waals surface area contributed by atoms with Crippen LogP contribution in [0.2, 0.25) is 0 Å². The summed E-state index contributed by atoms with van der Waals surface area (Å²) in [5.41, 5.74) is 2.12. The first-order chi connectivity index (χ1) is 8.66. The molecule has 0 spiro atoms. The average molecular weight is 279 g/mol. The second-order valence-electron chi connectivity index (χ2n) is 4.23. The zero-order valence-electron chi connectivity index (χ0n) is 10.1. The summed E-state index contributed by atoms with van der Waals surface area (Å²) in [7, 11) is 1.87. The normalized spacial score (nSPS) is 19.2. The first-order valence-electron chi connectivity index (χ1n) is 5.65. The summed E-state index contributed by atoms with van der Waals surface area (Å²) in [4.78, 5) is 13.0. The molecule has 4 nitrogen and oxygen atoms in total. The molecule has 1 amide bonds.